The summed E-state index contributed by atoms with van der Waals surface area (Å²) in [6.07, 6.45) is 3.83. The summed E-state index contributed by atoms with van der Waals surface area (Å²) in [5.41, 5.74) is 2.48. The summed E-state index contributed by atoms with van der Waals surface area (Å²) in [7, 11) is 3.91. The predicted octanol–water partition coefficient (Wildman–Crippen LogP) is 2.95. The molecule has 33 heavy (non-hydrogen) atoms. The summed E-state index contributed by atoms with van der Waals surface area (Å²) in [4.78, 5) is 34.1. The van der Waals surface area contributed by atoms with Gasteiger partial charge in [-0.25, -0.2) is 4.68 Å². The number of carbonyl (C=O) groups excluding carboxylic acids is 2. The van der Waals surface area contributed by atoms with Crippen LogP contribution in [0.4, 0.5) is 0 Å². The standard InChI is InChI=1S/C25H27N5O3/c1-17-19(16-27-30(17)18-10-5-4-6-11-18)23(31)21-22(20-12-7-8-13-26-20)29(25(33)24(21)32)15-9-14-28(2)3/h4-8,10-13,16,22,31H,9,14-15H2,1-3H3. The van der Waals surface area contributed by atoms with E-state index >= 15 is 0 Å². The molecule has 4 rings (SSSR count). The van der Waals surface area contributed by atoms with Gasteiger partial charge in [-0.15, -0.1) is 0 Å². The van der Waals surface area contributed by atoms with Crippen LogP contribution in [0.3, 0.4) is 0 Å². The van der Waals surface area contributed by atoms with E-state index in [1.165, 1.54) is 11.1 Å². The third-order valence-electron chi connectivity index (χ3n) is 5.78. The summed E-state index contributed by atoms with van der Waals surface area (Å²) < 4.78 is 1.69. The summed E-state index contributed by atoms with van der Waals surface area (Å²) in [5, 5.41) is 15.7. The molecule has 1 aromatic carbocycles. The van der Waals surface area contributed by atoms with Crippen molar-refractivity contribution in [2.24, 2.45) is 0 Å². The number of aliphatic hydroxyl groups excluding tert-OH is 1. The van der Waals surface area contributed by atoms with Gasteiger partial charge in [-0.05, 0) is 58.3 Å². The molecule has 0 spiro atoms. The van der Waals surface area contributed by atoms with Crippen molar-refractivity contribution >= 4 is 17.4 Å². The Kier molecular flexibility index (Phi) is 6.37. The highest BCUT2D eigenvalue weighted by molar-refractivity contribution is 6.46. The molecule has 8 heteroatoms. The number of nitrogens with zero attached hydrogens (tertiary/aromatic N) is 5. The number of carbonyl (C=O) groups is 2. The van der Waals surface area contributed by atoms with Crippen molar-refractivity contribution in [3.8, 4) is 5.69 Å². The number of amides is 1. The highest BCUT2D eigenvalue weighted by atomic mass is 16.3. The molecule has 170 valence electrons. The number of para-hydroxylation sites is 1. The molecule has 0 radical (unpaired) electrons. The Hall–Kier alpha value is -3.78. The van der Waals surface area contributed by atoms with Gasteiger partial charge in [-0.2, -0.15) is 5.10 Å². The summed E-state index contributed by atoms with van der Waals surface area (Å²) in [6, 6.07) is 14.1. The van der Waals surface area contributed by atoms with Crippen LogP contribution in [-0.4, -0.2) is 68.5 Å². The van der Waals surface area contributed by atoms with E-state index in [2.05, 4.69) is 10.1 Å². The molecule has 1 N–H and O–H groups in total. The molecule has 3 aromatic rings. The van der Waals surface area contributed by atoms with E-state index in [4.69, 9.17) is 0 Å². The van der Waals surface area contributed by atoms with E-state index in [1.807, 2.05) is 56.3 Å². The summed E-state index contributed by atoms with van der Waals surface area (Å²) >= 11 is 0. The lowest BCUT2D eigenvalue weighted by Crippen LogP contribution is -2.32. The molecule has 8 nitrogen and oxygen atoms in total. The van der Waals surface area contributed by atoms with Crippen molar-refractivity contribution in [2.45, 2.75) is 19.4 Å². The number of aromatic nitrogens is 3. The zero-order valence-corrected chi connectivity index (χ0v) is 19.0. The highest BCUT2D eigenvalue weighted by Gasteiger charge is 2.46. The lowest BCUT2D eigenvalue weighted by Gasteiger charge is -2.25. The monoisotopic (exact) mass is 445 g/mol. The molecule has 2 aromatic heterocycles. The van der Waals surface area contributed by atoms with Crippen molar-refractivity contribution in [3.63, 3.8) is 0 Å². The number of hydrogen-bond acceptors (Lipinski definition) is 6. The molecule has 1 amide bonds. The third kappa shape index (κ3) is 4.29. The van der Waals surface area contributed by atoms with Crippen LogP contribution >= 0.6 is 0 Å². The first-order chi connectivity index (χ1) is 15.9. The average molecular weight is 446 g/mol. The molecule has 1 saturated heterocycles. The van der Waals surface area contributed by atoms with Gasteiger partial charge in [0.05, 0.1) is 34.4 Å². The van der Waals surface area contributed by atoms with E-state index < -0.39 is 17.7 Å². The number of Topliss-reactive ketones (excluding diaryl/α,β-unsaturated/α-hetero) is 1. The van der Waals surface area contributed by atoms with Gasteiger partial charge in [0.15, 0.2) is 0 Å². The van der Waals surface area contributed by atoms with Crippen LogP contribution in [0.1, 0.15) is 29.4 Å². The minimum Gasteiger partial charge on any atom is -0.507 e. The molecule has 1 fully saturated rings. The molecular weight excluding hydrogens is 418 g/mol. The Labute approximate surface area is 192 Å². The van der Waals surface area contributed by atoms with E-state index in [1.54, 1.807) is 29.1 Å². The average Bonchev–Trinajstić information content (AvgIpc) is 3.32. The molecular formula is C25H27N5O3. The lowest BCUT2D eigenvalue weighted by molar-refractivity contribution is -0.140. The minimum atomic E-state index is -0.757. The van der Waals surface area contributed by atoms with Crippen LogP contribution in [0, 0.1) is 6.92 Å². The van der Waals surface area contributed by atoms with Crippen LogP contribution < -0.4 is 0 Å². The van der Waals surface area contributed by atoms with Gasteiger partial charge in [0.25, 0.3) is 11.7 Å². The molecule has 1 unspecified atom stereocenters. The van der Waals surface area contributed by atoms with Crippen molar-refractivity contribution < 1.29 is 14.7 Å². The second-order valence-electron chi connectivity index (χ2n) is 8.29. The van der Waals surface area contributed by atoms with Gasteiger partial charge in [-0.1, -0.05) is 24.3 Å². The van der Waals surface area contributed by atoms with Crippen molar-refractivity contribution in [1.82, 2.24) is 24.6 Å². The highest BCUT2D eigenvalue weighted by Crippen LogP contribution is 2.39. The molecule has 0 bridgehead atoms. The molecule has 0 saturated carbocycles. The Morgan fingerprint density at radius 3 is 2.48 bits per heavy atom. The van der Waals surface area contributed by atoms with Gasteiger partial charge < -0.3 is 14.9 Å². The Morgan fingerprint density at radius 1 is 1.09 bits per heavy atom. The van der Waals surface area contributed by atoms with Gasteiger partial charge >= 0.3 is 0 Å². The fourth-order valence-corrected chi connectivity index (χ4v) is 4.13. The van der Waals surface area contributed by atoms with Crippen LogP contribution in [0.5, 0.6) is 0 Å². The van der Waals surface area contributed by atoms with Gasteiger partial charge in [-0.3, -0.25) is 14.6 Å². The maximum Gasteiger partial charge on any atom is 0.295 e. The largest absolute Gasteiger partial charge is 0.507 e. The Morgan fingerprint density at radius 2 is 1.82 bits per heavy atom. The van der Waals surface area contributed by atoms with Crippen LogP contribution in [0.2, 0.25) is 0 Å². The van der Waals surface area contributed by atoms with Gasteiger partial charge in [0, 0.05) is 12.7 Å². The van der Waals surface area contributed by atoms with E-state index in [-0.39, 0.29) is 11.3 Å². The first-order valence-electron chi connectivity index (χ1n) is 10.8. The number of aliphatic hydroxyl groups is 1. The van der Waals surface area contributed by atoms with Crippen LogP contribution in [0.15, 0.2) is 66.5 Å². The van der Waals surface area contributed by atoms with Crippen molar-refractivity contribution in [1.29, 1.82) is 0 Å². The predicted molar refractivity (Wildman–Crippen MR) is 125 cm³/mol. The zero-order valence-electron chi connectivity index (χ0n) is 19.0. The van der Waals surface area contributed by atoms with Gasteiger partial charge in [0.2, 0.25) is 0 Å². The fraction of sp³-hybridized carbons (Fsp3) is 0.280. The summed E-state index contributed by atoms with van der Waals surface area (Å²) in [5.74, 6) is -1.57. The Bertz CT molecular complexity index is 1190. The second kappa shape index (κ2) is 9.38. The molecule has 3 heterocycles. The number of likely N-dealkylation sites (tertiary alicyclic amines) is 1. The van der Waals surface area contributed by atoms with Crippen molar-refractivity contribution in [3.05, 3.63) is 83.4 Å². The summed E-state index contributed by atoms with van der Waals surface area (Å²) in [6.45, 7) is 2.96. The fourth-order valence-electron chi connectivity index (χ4n) is 4.13. The number of hydrogen-bond donors (Lipinski definition) is 1. The maximum absolute atomic E-state index is 13.1. The lowest BCUT2D eigenvalue weighted by atomic mass is 9.98. The number of benzene rings is 1. The van der Waals surface area contributed by atoms with E-state index in [9.17, 15) is 14.7 Å². The first-order valence-corrected chi connectivity index (χ1v) is 10.8. The maximum atomic E-state index is 13.1. The topological polar surface area (TPSA) is 91.6 Å². The molecule has 0 aliphatic carbocycles. The van der Waals surface area contributed by atoms with Crippen LogP contribution in [0.25, 0.3) is 11.4 Å². The normalized spacial score (nSPS) is 17.8. The SMILES string of the molecule is Cc1c(C(O)=C2C(=O)C(=O)N(CCCN(C)C)C2c2ccccn2)cnn1-c1ccccc1. The Balaban J connectivity index is 1.79. The minimum absolute atomic E-state index is 0.0410. The van der Waals surface area contributed by atoms with Crippen molar-refractivity contribution in [2.75, 3.05) is 27.2 Å². The van der Waals surface area contributed by atoms with Gasteiger partial charge in [0.1, 0.15) is 11.8 Å². The van der Waals surface area contributed by atoms with E-state index in [0.29, 0.717) is 29.9 Å². The molecule has 1 aliphatic heterocycles. The smallest absolute Gasteiger partial charge is 0.295 e. The number of ketones is 1. The second-order valence-corrected chi connectivity index (χ2v) is 8.29. The molecule has 1 atom stereocenters. The van der Waals surface area contributed by atoms with E-state index in [0.717, 1.165) is 12.2 Å². The molecule has 1 aliphatic rings. The first kappa shape index (κ1) is 22.4. The zero-order chi connectivity index (χ0) is 23.5. The number of rotatable bonds is 7. The third-order valence-corrected chi connectivity index (χ3v) is 5.78. The quantitative estimate of drug-likeness (QED) is 0.342. The number of pyridine rings is 1. The van der Waals surface area contributed by atoms with Crippen LogP contribution in [-0.2, 0) is 9.59 Å².